The van der Waals surface area contributed by atoms with E-state index in [1.54, 1.807) is 17.4 Å². The number of fused-ring (bicyclic) bond motifs is 1. The molecule has 2 rings (SSSR count). The highest BCUT2D eigenvalue weighted by Gasteiger charge is 2.38. The molecule has 5 heteroatoms. The Morgan fingerprint density at radius 3 is 2.85 bits per heavy atom. The van der Waals surface area contributed by atoms with Gasteiger partial charge in [0.2, 0.25) is 0 Å². The summed E-state index contributed by atoms with van der Waals surface area (Å²) in [5.41, 5.74) is 0.827. The van der Waals surface area contributed by atoms with Crippen molar-refractivity contribution < 1.29 is 13.2 Å². The normalized spacial score (nSPS) is 18.7. The highest BCUT2D eigenvalue weighted by Crippen LogP contribution is 2.30. The monoisotopic (exact) mass is 207 g/mol. The van der Waals surface area contributed by atoms with Crippen LogP contribution in [0.3, 0.4) is 0 Å². The van der Waals surface area contributed by atoms with Gasteiger partial charge >= 0.3 is 6.30 Å². The van der Waals surface area contributed by atoms with Crippen LogP contribution in [-0.2, 0) is 13.0 Å². The number of thiophene rings is 1. The molecular formula is C8H8F3NS. The minimum atomic E-state index is -4.18. The molecule has 0 saturated heterocycles. The minimum Gasteiger partial charge on any atom is -0.210 e. The summed E-state index contributed by atoms with van der Waals surface area (Å²) in [6.45, 7) is 0.110. The van der Waals surface area contributed by atoms with Crippen molar-refractivity contribution in [2.75, 3.05) is 6.54 Å². The highest BCUT2D eigenvalue weighted by atomic mass is 32.1. The van der Waals surface area contributed by atoms with Gasteiger partial charge in [-0.2, -0.15) is 13.2 Å². The maximum atomic E-state index is 12.3. The van der Waals surface area contributed by atoms with Gasteiger partial charge in [-0.1, -0.05) is 0 Å². The molecule has 0 saturated carbocycles. The van der Waals surface area contributed by atoms with Gasteiger partial charge in [0, 0.05) is 18.0 Å². The van der Waals surface area contributed by atoms with Crippen LogP contribution in [0.25, 0.3) is 0 Å². The van der Waals surface area contributed by atoms with Gasteiger partial charge in [0.25, 0.3) is 0 Å². The molecule has 0 N–H and O–H groups in total. The maximum absolute atomic E-state index is 12.3. The van der Waals surface area contributed by atoms with Crippen LogP contribution in [0.1, 0.15) is 10.4 Å². The molecule has 1 aliphatic heterocycles. The standard InChI is InChI=1S/C8H8F3NS/c9-8(10,11)12-3-1-7-6(5-12)2-4-13-7/h2,4H,1,3,5H2. The van der Waals surface area contributed by atoms with Crippen molar-refractivity contribution in [3.05, 3.63) is 21.9 Å². The van der Waals surface area contributed by atoms with Gasteiger partial charge in [0.1, 0.15) is 0 Å². The third-order valence-corrected chi connectivity index (χ3v) is 3.19. The van der Waals surface area contributed by atoms with E-state index in [0.717, 1.165) is 10.4 Å². The molecule has 0 aromatic carbocycles. The van der Waals surface area contributed by atoms with Crippen molar-refractivity contribution in [2.24, 2.45) is 0 Å². The first kappa shape index (κ1) is 9.02. The Morgan fingerprint density at radius 1 is 1.38 bits per heavy atom. The van der Waals surface area contributed by atoms with Gasteiger partial charge in [-0.05, 0) is 23.4 Å². The zero-order valence-electron chi connectivity index (χ0n) is 6.77. The second-order valence-corrected chi connectivity index (χ2v) is 4.01. The lowest BCUT2D eigenvalue weighted by Crippen LogP contribution is -2.41. The molecule has 0 radical (unpaired) electrons. The van der Waals surface area contributed by atoms with E-state index in [-0.39, 0.29) is 13.1 Å². The quantitative estimate of drug-likeness (QED) is 0.591. The smallest absolute Gasteiger partial charge is 0.210 e. The number of nitrogens with zero attached hydrogens (tertiary/aromatic N) is 1. The molecular weight excluding hydrogens is 199 g/mol. The van der Waals surface area contributed by atoms with E-state index >= 15 is 0 Å². The van der Waals surface area contributed by atoms with Crippen LogP contribution in [0.2, 0.25) is 0 Å². The van der Waals surface area contributed by atoms with Crippen LogP contribution < -0.4 is 0 Å². The molecule has 1 aliphatic rings. The molecule has 1 nitrogen and oxygen atoms in total. The molecule has 0 atom stereocenters. The lowest BCUT2D eigenvalue weighted by atomic mass is 10.1. The second kappa shape index (κ2) is 2.99. The van der Waals surface area contributed by atoms with Gasteiger partial charge in [0.15, 0.2) is 0 Å². The largest absolute Gasteiger partial charge is 0.460 e. The molecule has 0 spiro atoms. The summed E-state index contributed by atoms with van der Waals surface area (Å²) >= 11 is 1.54. The van der Waals surface area contributed by atoms with Crippen LogP contribution >= 0.6 is 11.3 Å². The van der Waals surface area contributed by atoms with Crippen LogP contribution in [0.15, 0.2) is 11.4 Å². The molecule has 0 fully saturated rings. The molecule has 0 unspecified atom stereocenters. The van der Waals surface area contributed by atoms with Gasteiger partial charge < -0.3 is 0 Å². The Bertz CT molecular complexity index is 305. The predicted molar refractivity (Wildman–Crippen MR) is 44.5 cm³/mol. The SMILES string of the molecule is FC(F)(F)N1CCc2sccc2C1. The lowest BCUT2D eigenvalue weighted by Gasteiger charge is -2.28. The van der Waals surface area contributed by atoms with Crippen LogP contribution in [0.4, 0.5) is 13.2 Å². The summed E-state index contributed by atoms with van der Waals surface area (Å²) in [6.07, 6.45) is -3.66. The lowest BCUT2D eigenvalue weighted by molar-refractivity contribution is -0.250. The van der Waals surface area contributed by atoms with Crippen molar-refractivity contribution in [2.45, 2.75) is 19.3 Å². The van der Waals surface area contributed by atoms with Crippen molar-refractivity contribution in [3.63, 3.8) is 0 Å². The van der Waals surface area contributed by atoms with Crippen LogP contribution in [0.5, 0.6) is 0 Å². The van der Waals surface area contributed by atoms with Gasteiger partial charge in [-0.3, -0.25) is 0 Å². The summed E-state index contributed by atoms with van der Waals surface area (Å²) in [5, 5.41) is 1.85. The summed E-state index contributed by atoms with van der Waals surface area (Å²) in [6, 6.07) is 1.78. The third kappa shape index (κ3) is 1.71. The van der Waals surface area contributed by atoms with E-state index in [4.69, 9.17) is 0 Å². The molecule has 72 valence electrons. The maximum Gasteiger partial charge on any atom is 0.460 e. The third-order valence-electron chi connectivity index (χ3n) is 2.17. The number of alkyl halides is 3. The molecule has 0 amide bonds. The summed E-state index contributed by atoms with van der Waals surface area (Å²) in [4.78, 5) is 1.66. The minimum absolute atomic E-state index is 0.0162. The summed E-state index contributed by atoms with van der Waals surface area (Å²) < 4.78 is 36.8. The molecule has 13 heavy (non-hydrogen) atoms. The number of hydrogen-bond acceptors (Lipinski definition) is 2. The van der Waals surface area contributed by atoms with E-state index in [9.17, 15) is 13.2 Å². The van der Waals surface area contributed by atoms with E-state index < -0.39 is 6.30 Å². The van der Waals surface area contributed by atoms with E-state index in [1.165, 1.54) is 0 Å². The topological polar surface area (TPSA) is 3.24 Å². The average molecular weight is 207 g/mol. The Labute approximate surface area is 77.8 Å². The Hall–Kier alpha value is -0.550. The predicted octanol–water partition coefficient (Wildman–Crippen LogP) is 2.63. The average Bonchev–Trinajstić information content (AvgIpc) is 2.47. The van der Waals surface area contributed by atoms with E-state index in [1.807, 2.05) is 5.38 Å². The fraction of sp³-hybridized carbons (Fsp3) is 0.500. The Morgan fingerprint density at radius 2 is 2.15 bits per heavy atom. The van der Waals surface area contributed by atoms with Gasteiger partial charge in [-0.15, -0.1) is 11.3 Å². The number of rotatable bonds is 0. The van der Waals surface area contributed by atoms with Crippen LogP contribution in [0, 0.1) is 0 Å². The molecule has 1 aromatic rings. The zero-order chi connectivity index (χ0) is 9.47. The first-order chi connectivity index (χ1) is 6.07. The van der Waals surface area contributed by atoms with E-state index in [2.05, 4.69) is 0 Å². The highest BCUT2D eigenvalue weighted by molar-refractivity contribution is 7.10. The Balaban J connectivity index is 2.18. The first-order valence-electron chi connectivity index (χ1n) is 3.94. The van der Waals surface area contributed by atoms with Crippen LogP contribution in [-0.4, -0.2) is 17.7 Å². The zero-order valence-corrected chi connectivity index (χ0v) is 7.58. The fourth-order valence-corrected chi connectivity index (χ4v) is 2.35. The first-order valence-corrected chi connectivity index (χ1v) is 4.82. The van der Waals surface area contributed by atoms with Crippen molar-refractivity contribution >= 4 is 11.3 Å². The van der Waals surface area contributed by atoms with E-state index in [0.29, 0.717) is 11.3 Å². The van der Waals surface area contributed by atoms with Crippen molar-refractivity contribution in [3.8, 4) is 0 Å². The number of halogens is 3. The second-order valence-electron chi connectivity index (χ2n) is 3.01. The Kier molecular flexibility index (Phi) is 2.08. The van der Waals surface area contributed by atoms with Gasteiger partial charge in [-0.25, -0.2) is 4.90 Å². The molecule has 1 aromatic heterocycles. The summed E-state index contributed by atoms with van der Waals surface area (Å²) in [7, 11) is 0. The molecule has 2 heterocycles. The molecule has 0 bridgehead atoms. The molecule has 0 aliphatic carbocycles. The number of hydrogen-bond donors (Lipinski definition) is 0. The summed E-state index contributed by atoms with van der Waals surface area (Å²) in [5.74, 6) is 0. The van der Waals surface area contributed by atoms with Crippen molar-refractivity contribution in [1.82, 2.24) is 4.90 Å². The van der Waals surface area contributed by atoms with Crippen molar-refractivity contribution in [1.29, 1.82) is 0 Å². The van der Waals surface area contributed by atoms with Gasteiger partial charge in [0.05, 0.1) is 0 Å². The fourth-order valence-electron chi connectivity index (χ4n) is 1.46.